The maximum absolute atomic E-state index is 6.01. The third kappa shape index (κ3) is 3.96. The van der Waals surface area contributed by atoms with Gasteiger partial charge < -0.3 is 20.3 Å². The molecule has 6 nitrogen and oxygen atoms in total. The molecule has 1 aromatic heterocycles. The number of rotatable bonds is 7. The Hall–Kier alpha value is -1.40. The Kier molecular flexibility index (Phi) is 5.60. The quantitative estimate of drug-likeness (QED) is 0.807. The van der Waals surface area contributed by atoms with E-state index < -0.39 is 0 Å². The zero-order chi connectivity index (χ0) is 17.9. The van der Waals surface area contributed by atoms with Crippen LogP contribution < -0.4 is 15.5 Å². The van der Waals surface area contributed by atoms with E-state index >= 15 is 0 Å². The van der Waals surface area contributed by atoms with Gasteiger partial charge in [0.15, 0.2) is 0 Å². The van der Waals surface area contributed by atoms with Crippen LogP contribution in [0.3, 0.4) is 0 Å². The van der Waals surface area contributed by atoms with Crippen LogP contribution in [-0.4, -0.2) is 54.9 Å². The number of methoxy groups -OCH3 is 1. The fourth-order valence-electron chi connectivity index (χ4n) is 4.66. The number of ether oxygens (including phenoxy) is 1. The highest BCUT2D eigenvalue weighted by molar-refractivity contribution is 5.53. The maximum Gasteiger partial charge on any atom is 0.134 e. The highest BCUT2D eigenvalue weighted by Crippen LogP contribution is 2.35. The van der Waals surface area contributed by atoms with Gasteiger partial charge in [0.1, 0.15) is 18.0 Å². The van der Waals surface area contributed by atoms with E-state index in [2.05, 4.69) is 25.8 Å². The monoisotopic (exact) mass is 359 g/mol. The van der Waals surface area contributed by atoms with E-state index in [1.165, 1.54) is 44.9 Å². The number of nitrogens with two attached hydrogens (primary N) is 1. The Morgan fingerprint density at radius 3 is 2.69 bits per heavy atom. The molecule has 0 aromatic carbocycles. The largest absolute Gasteiger partial charge is 0.380 e. The Morgan fingerprint density at radius 2 is 2.00 bits per heavy atom. The average Bonchev–Trinajstić information content (AvgIpc) is 3.45. The number of nitrogens with zero attached hydrogens (tertiary/aromatic N) is 4. The Bertz CT molecular complexity index is 587. The van der Waals surface area contributed by atoms with Crippen LogP contribution in [0, 0.1) is 5.92 Å². The van der Waals surface area contributed by atoms with Gasteiger partial charge in [0, 0.05) is 44.9 Å². The predicted molar refractivity (Wildman–Crippen MR) is 105 cm³/mol. The second-order valence-corrected chi connectivity index (χ2v) is 8.26. The molecule has 26 heavy (non-hydrogen) atoms. The van der Waals surface area contributed by atoms with Crippen molar-refractivity contribution in [3.63, 3.8) is 0 Å². The molecule has 144 valence electrons. The van der Waals surface area contributed by atoms with Crippen molar-refractivity contribution < 1.29 is 4.74 Å². The minimum atomic E-state index is 0.240. The van der Waals surface area contributed by atoms with E-state index in [0.717, 1.165) is 37.1 Å². The van der Waals surface area contributed by atoms with Gasteiger partial charge in [-0.3, -0.25) is 0 Å². The summed E-state index contributed by atoms with van der Waals surface area (Å²) in [6, 6.07) is 3.16. The first-order valence-corrected chi connectivity index (χ1v) is 10.4. The fourth-order valence-corrected chi connectivity index (χ4v) is 4.66. The van der Waals surface area contributed by atoms with E-state index in [0.29, 0.717) is 18.6 Å². The van der Waals surface area contributed by atoms with Crippen molar-refractivity contribution in [1.29, 1.82) is 0 Å². The van der Waals surface area contributed by atoms with Gasteiger partial charge in [-0.2, -0.15) is 0 Å². The van der Waals surface area contributed by atoms with E-state index in [1.54, 1.807) is 13.4 Å². The third-order valence-corrected chi connectivity index (χ3v) is 6.38. The van der Waals surface area contributed by atoms with E-state index in [1.807, 2.05) is 0 Å². The Labute approximate surface area is 157 Å². The van der Waals surface area contributed by atoms with Gasteiger partial charge in [-0.25, -0.2) is 9.97 Å². The molecule has 0 spiro atoms. The number of aromatic nitrogens is 2. The summed E-state index contributed by atoms with van der Waals surface area (Å²) in [4.78, 5) is 14.1. The Balaban J connectivity index is 1.51. The molecule has 0 bridgehead atoms. The van der Waals surface area contributed by atoms with Crippen molar-refractivity contribution in [3.05, 3.63) is 12.4 Å². The number of hydrogen-bond donors (Lipinski definition) is 1. The first-order valence-electron chi connectivity index (χ1n) is 10.4. The topological polar surface area (TPSA) is 67.5 Å². The minimum absolute atomic E-state index is 0.240. The van der Waals surface area contributed by atoms with Crippen LogP contribution in [0.15, 0.2) is 12.4 Å². The summed E-state index contributed by atoms with van der Waals surface area (Å²) in [6.45, 7) is 2.65. The SMILES string of the molecule is CO[C@H]1C[C@@H](CN)N(c2cc(N(CC3CCCCC3)C3CC3)ncn2)C1. The van der Waals surface area contributed by atoms with E-state index in [9.17, 15) is 0 Å². The van der Waals surface area contributed by atoms with Crippen LogP contribution in [0.4, 0.5) is 11.6 Å². The van der Waals surface area contributed by atoms with Crippen molar-refractivity contribution in [1.82, 2.24) is 9.97 Å². The molecule has 0 radical (unpaired) electrons. The van der Waals surface area contributed by atoms with Gasteiger partial charge in [-0.1, -0.05) is 19.3 Å². The van der Waals surface area contributed by atoms with Gasteiger partial charge in [0.05, 0.1) is 6.10 Å². The molecule has 6 heteroatoms. The van der Waals surface area contributed by atoms with Crippen LogP contribution >= 0.6 is 0 Å². The molecule has 1 aliphatic heterocycles. The molecule has 2 atom stereocenters. The molecule has 2 N–H and O–H groups in total. The third-order valence-electron chi connectivity index (χ3n) is 6.38. The van der Waals surface area contributed by atoms with Gasteiger partial charge >= 0.3 is 0 Å². The van der Waals surface area contributed by atoms with Gasteiger partial charge in [-0.15, -0.1) is 0 Å². The molecule has 2 saturated carbocycles. The summed E-state index contributed by atoms with van der Waals surface area (Å²) in [6.07, 6.45) is 12.5. The van der Waals surface area contributed by atoms with Gasteiger partial charge in [-0.05, 0) is 38.0 Å². The molecule has 2 aliphatic carbocycles. The lowest BCUT2D eigenvalue weighted by atomic mass is 9.89. The molecule has 4 rings (SSSR count). The van der Waals surface area contributed by atoms with Crippen molar-refractivity contribution in [3.8, 4) is 0 Å². The molecular weight excluding hydrogens is 326 g/mol. The lowest BCUT2D eigenvalue weighted by Crippen LogP contribution is -2.37. The summed E-state index contributed by atoms with van der Waals surface area (Å²) >= 11 is 0. The summed E-state index contributed by atoms with van der Waals surface area (Å²) in [7, 11) is 1.78. The molecule has 0 amide bonds. The fraction of sp³-hybridized carbons (Fsp3) is 0.800. The Morgan fingerprint density at radius 1 is 1.19 bits per heavy atom. The molecule has 1 aromatic rings. The first kappa shape index (κ1) is 18.0. The van der Waals surface area contributed by atoms with Crippen LogP contribution in [0.1, 0.15) is 51.4 Å². The standard InChI is InChI=1S/C20H33N5O/c1-26-18-9-17(11-21)25(13-18)20-10-19(22-14-23-20)24(16-7-8-16)12-15-5-3-2-4-6-15/h10,14-18H,2-9,11-13,21H2,1H3/t17-,18-/m0/s1. The summed E-state index contributed by atoms with van der Waals surface area (Å²) in [5.74, 6) is 2.92. The smallest absolute Gasteiger partial charge is 0.134 e. The molecule has 1 saturated heterocycles. The predicted octanol–water partition coefficient (Wildman–Crippen LogP) is 2.58. The van der Waals surface area contributed by atoms with E-state index in [4.69, 9.17) is 10.5 Å². The average molecular weight is 360 g/mol. The molecule has 3 fully saturated rings. The molecule has 0 unspecified atom stereocenters. The normalized spacial score (nSPS) is 27.1. The highest BCUT2D eigenvalue weighted by Gasteiger charge is 2.35. The minimum Gasteiger partial charge on any atom is -0.380 e. The first-order chi connectivity index (χ1) is 12.8. The van der Waals surface area contributed by atoms with Crippen LogP contribution in [0.5, 0.6) is 0 Å². The second-order valence-electron chi connectivity index (χ2n) is 8.26. The van der Waals surface area contributed by atoms with Gasteiger partial charge in [0.2, 0.25) is 0 Å². The zero-order valence-corrected chi connectivity index (χ0v) is 16.0. The summed E-state index contributed by atoms with van der Waals surface area (Å²) in [5.41, 5.74) is 6.01. The van der Waals surface area contributed by atoms with Crippen molar-refractivity contribution >= 4 is 11.6 Å². The zero-order valence-electron chi connectivity index (χ0n) is 16.0. The van der Waals surface area contributed by atoms with Crippen LogP contribution in [0.25, 0.3) is 0 Å². The highest BCUT2D eigenvalue weighted by atomic mass is 16.5. The molecule has 2 heterocycles. The van der Waals surface area contributed by atoms with Crippen molar-refractivity contribution in [2.24, 2.45) is 11.7 Å². The lowest BCUT2D eigenvalue weighted by molar-refractivity contribution is 0.118. The maximum atomic E-state index is 6.01. The number of anilines is 2. The lowest BCUT2D eigenvalue weighted by Gasteiger charge is -2.31. The molecule has 3 aliphatic rings. The van der Waals surface area contributed by atoms with E-state index in [-0.39, 0.29) is 6.10 Å². The summed E-state index contributed by atoms with van der Waals surface area (Å²) in [5, 5.41) is 0. The molecular formula is C20H33N5O. The van der Waals surface area contributed by atoms with Crippen molar-refractivity contribution in [2.45, 2.75) is 69.6 Å². The van der Waals surface area contributed by atoms with Crippen LogP contribution in [-0.2, 0) is 4.74 Å². The summed E-state index contributed by atoms with van der Waals surface area (Å²) < 4.78 is 5.57. The van der Waals surface area contributed by atoms with Crippen LogP contribution in [0.2, 0.25) is 0 Å². The number of hydrogen-bond acceptors (Lipinski definition) is 6. The second kappa shape index (κ2) is 8.09. The van der Waals surface area contributed by atoms with Gasteiger partial charge in [0.25, 0.3) is 0 Å². The van der Waals surface area contributed by atoms with Crippen molar-refractivity contribution in [2.75, 3.05) is 36.5 Å².